The molecule has 186 valence electrons. The zero-order chi connectivity index (χ0) is 25.9. The highest BCUT2D eigenvalue weighted by molar-refractivity contribution is 5.91. The topological polar surface area (TPSA) is 74.4 Å². The Hall–Kier alpha value is -5.30. The minimum absolute atomic E-state index is 0.169. The van der Waals surface area contributed by atoms with Crippen LogP contribution in [0.3, 0.4) is 0 Å². The number of aromatic nitrogens is 5. The van der Waals surface area contributed by atoms with Gasteiger partial charge in [-0.3, -0.25) is 0 Å². The molecule has 8 rings (SSSR count). The predicted octanol–water partition coefficient (Wildman–Crippen LogP) is 6.79. The first-order valence-electron chi connectivity index (χ1n) is 12.7. The number of rotatable bonds is 3. The van der Waals surface area contributed by atoms with Crippen LogP contribution < -0.4 is 9.47 Å². The monoisotopic (exact) mass is 507 g/mol. The van der Waals surface area contributed by atoms with Gasteiger partial charge < -0.3 is 9.47 Å². The van der Waals surface area contributed by atoms with Crippen LogP contribution in [-0.2, 0) is 0 Å². The number of hydrogen-bond donors (Lipinski definition) is 0. The Morgan fingerprint density at radius 1 is 0.795 bits per heavy atom. The molecule has 7 aromatic rings. The largest absolute Gasteiger partial charge is 0.497 e. The van der Waals surface area contributed by atoms with Gasteiger partial charge in [-0.25, -0.2) is 19.5 Å². The second-order valence-electron chi connectivity index (χ2n) is 9.57. The van der Waals surface area contributed by atoms with E-state index in [-0.39, 0.29) is 5.92 Å². The minimum Gasteiger partial charge on any atom is -0.497 e. The lowest BCUT2D eigenvalue weighted by atomic mass is 9.83. The second-order valence-corrected chi connectivity index (χ2v) is 9.57. The van der Waals surface area contributed by atoms with Crippen molar-refractivity contribution in [1.82, 2.24) is 24.6 Å². The second kappa shape index (κ2) is 8.36. The van der Waals surface area contributed by atoms with Gasteiger partial charge in [0.25, 0.3) is 0 Å². The van der Waals surface area contributed by atoms with Gasteiger partial charge >= 0.3 is 0 Å². The van der Waals surface area contributed by atoms with Gasteiger partial charge in [0, 0.05) is 22.3 Å². The number of para-hydroxylation sites is 1. The van der Waals surface area contributed by atoms with Gasteiger partial charge in [-0.05, 0) is 35.2 Å². The Morgan fingerprint density at radius 2 is 1.59 bits per heavy atom. The number of ether oxygens (including phenoxy) is 2. The van der Waals surface area contributed by atoms with E-state index in [0.717, 1.165) is 49.9 Å². The maximum atomic E-state index is 6.54. The molecule has 4 heterocycles. The molecule has 0 fully saturated rings. The van der Waals surface area contributed by atoms with Crippen molar-refractivity contribution in [1.29, 1.82) is 0 Å². The predicted molar refractivity (Wildman–Crippen MR) is 149 cm³/mol. The third-order valence-corrected chi connectivity index (χ3v) is 7.37. The van der Waals surface area contributed by atoms with Crippen LogP contribution in [0.15, 0.2) is 103 Å². The summed E-state index contributed by atoms with van der Waals surface area (Å²) in [6.07, 6.45) is 1.66. The molecule has 0 aliphatic carbocycles. The molecule has 39 heavy (non-hydrogen) atoms. The molecule has 0 amide bonds. The molecule has 4 aromatic carbocycles. The summed E-state index contributed by atoms with van der Waals surface area (Å²) in [6, 6.07) is 32.7. The molecule has 0 N–H and O–H groups in total. The number of pyridine rings is 1. The quantitative estimate of drug-likeness (QED) is 0.262. The number of fused-ring (bicyclic) bond motifs is 7. The highest BCUT2D eigenvalue weighted by Crippen LogP contribution is 2.50. The molecule has 0 unspecified atom stereocenters. The van der Waals surface area contributed by atoms with E-state index in [9.17, 15) is 0 Å². The number of hydrogen-bond acceptors (Lipinski definition) is 6. The molecule has 0 radical (unpaired) electrons. The Morgan fingerprint density at radius 3 is 2.46 bits per heavy atom. The summed E-state index contributed by atoms with van der Waals surface area (Å²) in [5, 5.41) is 7.99. The molecule has 0 spiro atoms. The summed E-state index contributed by atoms with van der Waals surface area (Å²) in [5.41, 5.74) is 5.29. The normalized spacial score (nSPS) is 14.2. The van der Waals surface area contributed by atoms with E-state index in [1.165, 1.54) is 0 Å². The van der Waals surface area contributed by atoms with E-state index in [0.29, 0.717) is 23.0 Å². The molecule has 1 aliphatic heterocycles. The summed E-state index contributed by atoms with van der Waals surface area (Å²) < 4.78 is 13.7. The maximum Gasteiger partial charge on any atom is 0.228 e. The Kier molecular flexibility index (Phi) is 4.66. The van der Waals surface area contributed by atoms with Gasteiger partial charge in [-0.15, -0.1) is 5.10 Å². The zero-order valence-corrected chi connectivity index (χ0v) is 20.9. The molecule has 1 atom stereocenters. The van der Waals surface area contributed by atoms with Gasteiger partial charge in [0.1, 0.15) is 23.5 Å². The third kappa shape index (κ3) is 3.37. The van der Waals surface area contributed by atoms with E-state index >= 15 is 0 Å². The Bertz CT molecular complexity index is 2050. The van der Waals surface area contributed by atoms with E-state index in [1.807, 2.05) is 60.7 Å². The van der Waals surface area contributed by atoms with Crippen molar-refractivity contribution in [3.8, 4) is 28.9 Å². The molecule has 0 saturated heterocycles. The summed E-state index contributed by atoms with van der Waals surface area (Å²) in [6.45, 7) is 0. The Balaban J connectivity index is 1.37. The van der Waals surface area contributed by atoms with Crippen LogP contribution in [0.5, 0.6) is 17.4 Å². The van der Waals surface area contributed by atoms with Crippen LogP contribution in [-0.4, -0.2) is 31.7 Å². The van der Waals surface area contributed by atoms with Gasteiger partial charge in [-0.2, -0.15) is 0 Å². The van der Waals surface area contributed by atoms with Gasteiger partial charge in [-0.1, -0.05) is 72.8 Å². The van der Waals surface area contributed by atoms with Crippen LogP contribution in [0.2, 0.25) is 0 Å². The van der Waals surface area contributed by atoms with E-state index in [2.05, 4.69) is 36.4 Å². The fourth-order valence-electron chi connectivity index (χ4n) is 5.49. The maximum absolute atomic E-state index is 6.54. The summed E-state index contributed by atoms with van der Waals surface area (Å²) in [4.78, 5) is 14.5. The third-order valence-electron chi connectivity index (χ3n) is 7.37. The standard InChI is InChI=1S/C32H21N5O2/c1-38-22-14-10-21(11-15-22)27-24-16-12-19-6-2-4-8-23(19)29(24)39-32-28(27)31-35-30(36-37(31)18-33-32)26-17-13-20-7-3-5-9-25(20)34-26/h2-18,27H,1H3/t27-/m0/s1. The van der Waals surface area contributed by atoms with Crippen LogP contribution in [0.1, 0.15) is 22.6 Å². The van der Waals surface area contributed by atoms with Crippen molar-refractivity contribution in [2.24, 2.45) is 0 Å². The molecular weight excluding hydrogens is 486 g/mol. The first-order valence-corrected chi connectivity index (χ1v) is 12.7. The molecule has 1 aliphatic rings. The number of nitrogens with zero attached hydrogens (tertiary/aromatic N) is 5. The molecule has 0 bridgehead atoms. The summed E-state index contributed by atoms with van der Waals surface area (Å²) in [5.74, 6) is 2.51. The van der Waals surface area contributed by atoms with Crippen LogP contribution in [0.25, 0.3) is 38.8 Å². The lowest BCUT2D eigenvalue weighted by Crippen LogP contribution is -2.15. The van der Waals surface area contributed by atoms with Crippen molar-refractivity contribution in [3.05, 3.63) is 120 Å². The fourth-order valence-corrected chi connectivity index (χ4v) is 5.49. The van der Waals surface area contributed by atoms with Gasteiger partial charge in [0.2, 0.25) is 11.7 Å². The van der Waals surface area contributed by atoms with Crippen molar-refractivity contribution >= 4 is 27.3 Å². The molecule has 0 saturated carbocycles. The van der Waals surface area contributed by atoms with Gasteiger partial charge in [0.05, 0.1) is 18.2 Å². The minimum atomic E-state index is -0.169. The number of methoxy groups -OCH3 is 1. The molecule has 7 nitrogen and oxygen atoms in total. The Labute approximate surface area is 223 Å². The van der Waals surface area contributed by atoms with E-state index < -0.39 is 0 Å². The molecule has 3 aromatic heterocycles. The number of benzene rings is 4. The van der Waals surface area contributed by atoms with Crippen molar-refractivity contribution in [3.63, 3.8) is 0 Å². The first-order chi connectivity index (χ1) is 19.3. The van der Waals surface area contributed by atoms with Crippen LogP contribution >= 0.6 is 0 Å². The van der Waals surface area contributed by atoms with Crippen molar-refractivity contribution in [2.75, 3.05) is 7.11 Å². The summed E-state index contributed by atoms with van der Waals surface area (Å²) in [7, 11) is 1.67. The lowest BCUT2D eigenvalue weighted by molar-refractivity contribution is 0.414. The highest BCUT2D eigenvalue weighted by Gasteiger charge is 2.34. The van der Waals surface area contributed by atoms with Gasteiger partial charge in [0.15, 0.2) is 5.65 Å². The van der Waals surface area contributed by atoms with Crippen molar-refractivity contribution < 1.29 is 9.47 Å². The molecule has 7 heteroatoms. The average Bonchev–Trinajstić information content (AvgIpc) is 3.44. The zero-order valence-electron chi connectivity index (χ0n) is 20.9. The van der Waals surface area contributed by atoms with E-state index in [1.54, 1.807) is 18.0 Å². The first kappa shape index (κ1) is 21.8. The van der Waals surface area contributed by atoms with Crippen LogP contribution in [0.4, 0.5) is 0 Å². The fraction of sp³-hybridized carbons (Fsp3) is 0.0625. The smallest absolute Gasteiger partial charge is 0.228 e. The molecular formula is C32H21N5O2. The van der Waals surface area contributed by atoms with Crippen molar-refractivity contribution in [2.45, 2.75) is 5.92 Å². The van der Waals surface area contributed by atoms with Crippen LogP contribution in [0, 0.1) is 0 Å². The SMILES string of the molecule is COc1ccc([C@H]2c3ccc4ccccc4c3Oc3ncn4nc(-c5ccc6ccccc6n5)nc4c32)cc1. The summed E-state index contributed by atoms with van der Waals surface area (Å²) >= 11 is 0. The highest BCUT2D eigenvalue weighted by atomic mass is 16.5. The average molecular weight is 508 g/mol. The lowest BCUT2D eigenvalue weighted by Gasteiger charge is -2.28. The van der Waals surface area contributed by atoms with E-state index in [4.69, 9.17) is 29.5 Å².